The van der Waals surface area contributed by atoms with E-state index >= 15 is 0 Å². The van der Waals surface area contributed by atoms with E-state index in [0.717, 1.165) is 25.7 Å². The van der Waals surface area contributed by atoms with Crippen molar-refractivity contribution in [3.63, 3.8) is 0 Å². The second-order valence-electron chi connectivity index (χ2n) is 9.83. The Morgan fingerprint density at radius 3 is 1.10 bits per heavy atom. The minimum Gasteiger partial charge on any atom is -0.481 e. The van der Waals surface area contributed by atoms with Gasteiger partial charge in [-0.1, -0.05) is 97.5 Å². The first-order valence-electron chi connectivity index (χ1n) is 14.9. The van der Waals surface area contributed by atoms with Crippen LogP contribution < -0.4 is 0 Å². The lowest BCUT2D eigenvalue weighted by molar-refractivity contribution is -0.138. The predicted octanol–water partition coefficient (Wildman–Crippen LogP) is 4.78. The zero-order valence-corrected chi connectivity index (χ0v) is 25.8. The van der Waals surface area contributed by atoms with Crippen LogP contribution in [0.25, 0.3) is 0 Å². The molecule has 2 unspecified atom stereocenters. The maximum Gasteiger partial charge on any atom is 0.330 e. The van der Waals surface area contributed by atoms with Crippen molar-refractivity contribution in [1.82, 2.24) is 0 Å². The van der Waals surface area contributed by atoms with Crippen molar-refractivity contribution in [2.24, 2.45) is 0 Å². The van der Waals surface area contributed by atoms with Gasteiger partial charge in [-0.3, -0.25) is 9.59 Å². The lowest BCUT2D eigenvalue weighted by atomic mass is 10.1. The summed E-state index contributed by atoms with van der Waals surface area (Å²) in [4.78, 5) is 29.9. The standard InChI is InChI=1S/2C10H20O2.C6H14O5.C4H6O2/c2*1-2-3-4-5-6-7-8-9-10(11)12;7-1-5(9)3-11-4-6(10)2-8;1-3(2)4(5)6/h2*2-9H2,1H3,(H,11,12);5-10H,1-4H2;1H2,2H3,(H,5,6). The highest BCUT2D eigenvalue weighted by Gasteiger charge is 2.05. The van der Waals surface area contributed by atoms with E-state index < -0.39 is 30.1 Å². The van der Waals surface area contributed by atoms with E-state index in [1.165, 1.54) is 71.1 Å². The molecule has 0 aromatic rings. The molecule has 0 rings (SSSR count). The number of ether oxygens (including phenoxy) is 1. The van der Waals surface area contributed by atoms with Crippen LogP contribution in [0.5, 0.6) is 0 Å². The van der Waals surface area contributed by atoms with Crippen LogP contribution >= 0.6 is 0 Å². The number of carboxylic acids is 3. The van der Waals surface area contributed by atoms with E-state index in [0.29, 0.717) is 12.8 Å². The summed E-state index contributed by atoms with van der Waals surface area (Å²) in [6.45, 7) is 8.20. The average molecular weight is 597 g/mol. The monoisotopic (exact) mass is 596 g/mol. The zero-order valence-electron chi connectivity index (χ0n) is 25.8. The molecule has 0 spiro atoms. The minimum absolute atomic E-state index is 0.0342. The first kappa shape index (κ1) is 45.9. The van der Waals surface area contributed by atoms with Gasteiger partial charge in [0.15, 0.2) is 0 Å². The highest BCUT2D eigenvalue weighted by Crippen LogP contribution is 2.08. The van der Waals surface area contributed by atoms with Crippen LogP contribution in [-0.4, -0.2) is 92.3 Å². The first-order valence-corrected chi connectivity index (χ1v) is 14.9. The van der Waals surface area contributed by atoms with E-state index in [1.54, 1.807) is 0 Å². The smallest absolute Gasteiger partial charge is 0.330 e. The van der Waals surface area contributed by atoms with Crippen molar-refractivity contribution < 1.29 is 54.9 Å². The summed E-state index contributed by atoms with van der Waals surface area (Å²) >= 11 is 0. The average Bonchev–Trinajstić information content (AvgIpc) is 2.92. The Labute approximate surface area is 247 Å². The van der Waals surface area contributed by atoms with Crippen LogP contribution in [-0.2, 0) is 19.1 Å². The Balaban J connectivity index is -0.000000228. The second-order valence-corrected chi connectivity index (χ2v) is 9.83. The minimum atomic E-state index is -0.935. The molecule has 41 heavy (non-hydrogen) atoms. The molecule has 0 radical (unpaired) electrons. The topological polar surface area (TPSA) is 202 Å². The fraction of sp³-hybridized carbons (Fsp3) is 0.833. The quantitative estimate of drug-likeness (QED) is 0.0632. The lowest BCUT2D eigenvalue weighted by Gasteiger charge is -2.10. The molecule has 0 amide bonds. The number of unbranched alkanes of at least 4 members (excludes halogenated alkanes) is 12. The number of carboxylic acid groups (broad SMARTS) is 3. The van der Waals surface area contributed by atoms with Gasteiger partial charge >= 0.3 is 17.9 Å². The van der Waals surface area contributed by atoms with Gasteiger partial charge in [0.1, 0.15) is 12.2 Å². The van der Waals surface area contributed by atoms with Crippen LogP contribution in [0.4, 0.5) is 0 Å². The molecular formula is C30H60O11. The van der Waals surface area contributed by atoms with Gasteiger partial charge in [-0.25, -0.2) is 4.79 Å². The van der Waals surface area contributed by atoms with Gasteiger partial charge in [-0.05, 0) is 19.8 Å². The number of hydrogen-bond acceptors (Lipinski definition) is 8. The van der Waals surface area contributed by atoms with E-state index in [2.05, 4.69) is 20.4 Å². The summed E-state index contributed by atoms with van der Waals surface area (Å²) in [7, 11) is 0. The van der Waals surface area contributed by atoms with Crippen molar-refractivity contribution in [1.29, 1.82) is 0 Å². The molecule has 0 aliphatic heterocycles. The predicted molar refractivity (Wildman–Crippen MR) is 160 cm³/mol. The second kappa shape index (κ2) is 38.0. The third-order valence-corrected chi connectivity index (χ3v) is 5.40. The number of aliphatic hydroxyl groups is 4. The molecule has 246 valence electrons. The summed E-state index contributed by atoms with van der Waals surface area (Å²) in [5.74, 6) is -2.26. The third kappa shape index (κ3) is 54.7. The summed E-state index contributed by atoms with van der Waals surface area (Å²) in [6, 6.07) is 0. The van der Waals surface area contributed by atoms with Crippen LogP contribution in [0.15, 0.2) is 12.2 Å². The van der Waals surface area contributed by atoms with E-state index in [9.17, 15) is 14.4 Å². The first-order chi connectivity index (χ1) is 19.4. The van der Waals surface area contributed by atoms with E-state index in [-0.39, 0.29) is 32.0 Å². The van der Waals surface area contributed by atoms with Crippen LogP contribution in [0, 0.1) is 0 Å². The maximum atomic E-state index is 10.1. The number of carbonyl (C=O) groups is 3. The molecule has 0 bridgehead atoms. The number of rotatable bonds is 23. The van der Waals surface area contributed by atoms with Crippen molar-refractivity contribution in [2.45, 2.75) is 136 Å². The molecule has 0 aromatic heterocycles. The highest BCUT2D eigenvalue weighted by atomic mass is 16.5. The lowest BCUT2D eigenvalue weighted by Crippen LogP contribution is -2.25. The molecule has 0 saturated carbocycles. The van der Waals surface area contributed by atoms with Crippen molar-refractivity contribution in [3.8, 4) is 0 Å². The molecule has 0 fully saturated rings. The molecule has 0 saturated heterocycles. The van der Waals surface area contributed by atoms with Gasteiger partial charge < -0.3 is 40.5 Å². The van der Waals surface area contributed by atoms with Crippen molar-refractivity contribution >= 4 is 17.9 Å². The Hall–Kier alpha value is -2.05. The highest BCUT2D eigenvalue weighted by molar-refractivity contribution is 5.84. The number of hydrogen-bond donors (Lipinski definition) is 7. The number of aliphatic hydroxyl groups excluding tert-OH is 4. The fourth-order valence-electron chi connectivity index (χ4n) is 2.91. The SMILES string of the molecule is C=C(C)C(=O)O.CCCCCCCCCC(=O)O.CCCCCCCCCC(=O)O.OCC(O)COCC(O)CO. The summed E-state index contributed by atoms with van der Waals surface area (Å²) in [5.41, 5.74) is 0.176. The summed E-state index contributed by atoms with van der Waals surface area (Å²) in [5, 5.41) is 58.7. The van der Waals surface area contributed by atoms with Crippen LogP contribution in [0.1, 0.15) is 124 Å². The molecule has 2 atom stereocenters. The van der Waals surface area contributed by atoms with E-state index in [4.69, 9.17) is 40.5 Å². The molecule has 7 N–H and O–H groups in total. The summed E-state index contributed by atoms with van der Waals surface area (Å²) < 4.78 is 4.72. The Kier molecular flexibility index (Phi) is 42.5. The third-order valence-electron chi connectivity index (χ3n) is 5.40. The molecule has 0 aromatic carbocycles. The van der Waals surface area contributed by atoms with Gasteiger partial charge in [-0.2, -0.15) is 0 Å². The van der Waals surface area contributed by atoms with E-state index in [1.807, 2.05) is 0 Å². The van der Waals surface area contributed by atoms with Gasteiger partial charge in [0.25, 0.3) is 0 Å². The molecule has 0 aliphatic rings. The maximum absolute atomic E-state index is 10.1. The van der Waals surface area contributed by atoms with Crippen molar-refractivity contribution in [3.05, 3.63) is 12.2 Å². The molecular weight excluding hydrogens is 536 g/mol. The summed E-state index contributed by atoms with van der Waals surface area (Å²) in [6.07, 6.45) is 15.5. The van der Waals surface area contributed by atoms with Crippen molar-refractivity contribution in [2.75, 3.05) is 26.4 Å². The molecule has 11 nitrogen and oxygen atoms in total. The Morgan fingerprint density at radius 2 is 0.878 bits per heavy atom. The largest absolute Gasteiger partial charge is 0.481 e. The van der Waals surface area contributed by atoms with Gasteiger partial charge in [0, 0.05) is 18.4 Å². The number of aliphatic carboxylic acids is 3. The Morgan fingerprint density at radius 1 is 0.610 bits per heavy atom. The fourth-order valence-corrected chi connectivity index (χ4v) is 2.91. The van der Waals surface area contributed by atoms with Gasteiger partial charge in [0.05, 0.1) is 26.4 Å². The normalized spacial score (nSPS) is 11.4. The van der Waals surface area contributed by atoms with Crippen LogP contribution in [0.3, 0.4) is 0 Å². The Bertz CT molecular complexity index is 547. The van der Waals surface area contributed by atoms with Crippen LogP contribution in [0.2, 0.25) is 0 Å². The zero-order chi connectivity index (χ0) is 32.3. The van der Waals surface area contributed by atoms with Gasteiger partial charge in [0.2, 0.25) is 0 Å². The molecule has 0 heterocycles. The molecule has 11 heteroatoms. The molecule has 0 aliphatic carbocycles. The van der Waals surface area contributed by atoms with Gasteiger partial charge in [-0.15, -0.1) is 0 Å².